The second-order valence-corrected chi connectivity index (χ2v) is 4.12. The molecule has 0 unspecified atom stereocenters. The van der Waals surface area contributed by atoms with Crippen LogP contribution in [0.3, 0.4) is 0 Å². The molecule has 0 radical (unpaired) electrons. The Morgan fingerprint density at radius 2 is 2.00 bits per heavy atom. The van der Waals surface area contributed by atoms with E-state index >= 15 is 0 Å². The lowest BCUT2D eigenvalue weighted by molar-refractivity contribution is -0.127. The van der Waals surface area contributed by atoms with Crippen molar-refractivity contribution in [2.45, 2.75) is 27.2 Å². The van der Waals surface area contributed by atoms with Crippen LogP contribution in [0.15, 0.2) is 18.2 Å². The highest BCUT2D eigenvalue weighted by Crippen LogP contribution is 2.11. The van der Waals surface area contributed by atoms with Gasteiger partial charge in [-0.3, -0.25) is 4.79 Å². The van der Waals surface area contributed by atoms with Crippen molar-refractivity contribution in [3.63, 3.8) is 0 Å². The third kappa shape index (κ3) is 3.39. The molecule has 0 saturated heterocycles. The lowest BCUT2D eigenvalue weighted by Gasteiger charge is -2.15. The topological polar surface area (TPSA) is 20.3 Å². The van der Waals surface area contributed by atoms with Crippen LogP contribution in [-0.4, -0.2) is 24.4 Å². The highest BCUT2D eigenvalue weighted by atomic mass is 16.2. The highest BCUT2D eigenvalue weighted by Gasteiger charge is 2.04. The van der Waals surface area contributed by atoms with Gasteiger partial charge in [0.2, 0.25) is 5.91 Å². The minimum Gasteiger partial charge on any atom is -0.346 e. The largest absolute Gasteiger partial charge is 0.346 e. The Labute approximate surface area is 91.9 Å². The van der Waals surface area contributed by atoms with Gasteiger partial charge in [-0.15, -0.1) is 0 Å². The monoisotopic (exact) mass is 205 g/mol. The van der Waals surface area contributed by atoms with Crippen LogP contribution in [-0.2, 0) is 11.2 Å². The highest BCUT2D eigenvalue weighted by molar-refractivity contribution is 5.72. The second-order valence-electron chi connectivity index (χ2n) is 4.12. The zero-order valence-electron chi connectivity index (χ0n) is 10.0. The van der Waals surface area contributed by atoms with Crippen LogP contribution in [0.4, 0.5) is 0 Å². The molecule has 0 spiro atoms. The summed E-state index contributed by atoms with van der Waals surface area (Å²) < 4.78 is 0. The maximum absolute atomic E-state index is 11.0. The zero-order valence-corrected chi connectivity index (χ0v) is 10.0. The van der Waals surface area contributed by atoms with Crippen molar-refractivity contribution in [2.75, 3.05) is 13.6 Å². The van der Waals surface area contributed by atoms with E-state index in [0.29, 0.717) is 0 Å². The fourth-order valence-corrected chi connectivity index (χ4v) is 1.52. The Balaban J connectivity index is 2.65. The molecular formula is C13H19NO. The van der Waals surface area contributed by atoms with Crippen molar-refractivity contribution in [1.29, 1.82) is 0 Å². The normalized spacial score (nSPS) is 10.1. The van der Waals surface area contributed by atoms with Crippen LogP contribution in [0.25, 0.3) is 0 Å². The number of benzene rings is 1. The third-order valence-corrected chi connectivity index (χ3v) is 2.76. The fourth-order valence-electron chi connectivity index (χ4n) is 1.52. The lowest BCUT2D eigenvalue weighted by atomic mass is 10.0. The number of likely N-dealkylation sites (N-methyl/N-ethyl adjacent to an activating group) is 1. The first-order valence-corrected chi connectivity index (χ1v) is 5.28. The third-order valence-electron chi connectivity index (χ3n) is 2.76. The number of rotatable bonds is 3. The van der Waals surface area contributed by atoms with Gasteiger partial charge < -0.3 is 4.90 Å². The minimum absolute atomic E-state index is 0.125. The van der Waals surface area contributed by atoms with Crippen molar-refractivity contribution in [1.82, 2.24) is 4.90 Å². The minimum atomic E-state index is 0.125. The van der Waals surface area contributed by atoms with Crippen molar-refractivity contribution in [2.24, 2.45) is 0 Å². The first-order valence-electron chi connectivity index (χ1n) is 5.28. The molecule has 2 heteroatoms. The van der Waals surface area contributed by atoms with Gasteiger partial charge in [-0.05, 0) is 31.4 Å². The van der Waals surface area contributed by atoms with Crippen molar-refractivity contribution < 1.29 is 4.79 Å². The summed E-state index contributed by atoms with van der Waals surface area (Å²) in [6, 6.07) is 6.45. The molecule has 2 nitrogen and oxygen atoms in total. The standard InChI is InChI=1S/C13H19NO/c1-10-5-6-11(2)13(9-10)7-8-14(4)12(3)15/h5-6,9H,7-8H2,1-4H3. The van der Waals surface area contributed by atoms with Crippen LogP contribution < -0.4 is 0 Å². The summed E-state index contributed by atoms with van der Waals surface area (Å²) in [6.45, 7) is 6.60. The summed E-state index contributed by atoms with van der Waals surface area (Å²) >= 11 is 0. The number of hydrogen-bond donors (Lipinski definition) is 0. The molecule has 0 fully saturated rings. The van der Waals surface area contributed by atoms with Crippen molar-refractivity contribution in [3.8, 4) is 0 Å². The van der Waals surface area contributed by atoms with Crippen LogP contribution in [0.2, 0.25) is 0 Å². The number of carbonyl (C=O) groups is 1. The molecule has 0 heterocycles. The van der Waals surface area contributed by atoms with Crippen LogP contribution >= 0.6 is 0 Å². The van der Waals surface area contributed by atoms with E-state index in [-0.39, 0.29) is 5.91 Å². The molecule has 0 atom stereocenters. The average Bonchev–Trinajstić information content (AvgIpc) is 2.18. The molecule has 0 N–H and O–H groups in total. The Morgan fingerprint density at radius 3 is 2.60 bits per heavy atom. The maximum atomic E-state index is 11.0. The zero-order chi connectivity index (χ0) is 11.4. The summed E-state index contributed by atoms with van der Waals surface area (Å²) in [4.78, 5) is 12.8. The van der Waals surface area contributed by atoms with E-state index in [4.69, 9.17) is 0 Å². The molecule has 0 saturated carbocycles. The number of hydrogen-bond acceptors (Lipinski definition) is 1. The van der Waals surface area contributed by atoms with E-state index in [1.54, 1.807) is 11.8 Å². The smallest absolute Gasteiger partial charge is 0.219 e. The van der Waals surface area contributed by atoms with Crippen molar-refractivity contribution >= 4 is 5.91 Å². The maximum Gasteiger partial charge on any atom is 0.219 e. The number of aryl methyl sites for hydroxylation is 2. The Kier molecular flexibility index (Phi) is 3.89. The quantitative estimate of drug-likeness (QED) is 0.741. The van der Waals surface area contributed by atoms with E-state index in [2.05, 4.69) is 32.0 Å². The molecule has 1 aromatic carbocycles. The van der Waals surface area contributed by atoms with Crippen LogP contribution in [0, 0.1) is 13.8 Å². The van der Waals surface area contributed by atoms with Gasteiger partial charge in [0.15, 0.2) is 0 Å². The summed E-state index contributed by atoms with van der Waals surface area (Å²) in [5, 5.41) is 0. The van der Waals surface area contributed by atoms with E-state index in [1.807, 2.05) is 7.05 Å². The van der Waals surface area contributed by atoms with Crippen LogP contribution in [0.5, 0.6) is 0 Å². The molecule has 0 bridgehead atoms. The Bertz CT molecular complexity index is 358. The van der Waals surface area contributed by atoms with Gasteiger partial charge in [0.05, 0.1) is 0 Å². The van der Waals surface area contributed by atoms with E-state index in [1.165, 1.54) is 16.7 Å². The van der Waals surface area contributed by atoms with Crippen LogP contribution in [0.1, 0.15) is 23.6 Å². The van der Waals surface area contributed by atoms with Crippen molar-refractivity contribution in [3.05, 3.63) is 34.9 Å². The molecule has 0 aliphatic rings. The Morgan fingerprint density at radius 1 is 1.33 bits per heavy atom. The molecule has 0 aliphatic carbocycles. The molecule has 1 rings (SSSR count). The lowest BCUT2D eigenvalue weighted by Crippen LogP contribution is -2.26. The van der Waals surface area contributed by atoms with Gasteiger partial charge in [0.1, 0.15) is 0 Å². The molecule has 1 aromatic rings. The van der Waals surface area contributed by atoms with Gasteiger partial charge in [-0.2, -0.15) is 0 Å². The number of amides is 1. The fraction of sp³-hybridized carbons (Fsp3) is 0.462. The van der Waals surface area contributed by atoms with Gasteiger partial charge in [0, 0.05) is 20.5 Å². The first-order chi connectivity index (χ1) is 7.00. The predicted molar refractivity (Wildman–Crippen MR) is 62.9 cm³/mol. The molecule has 0 aromatic heterocycles. The van der Waals surface area contributed by atoms with Gasteiger partial charge in [0.25, 0.3) is 0 Å². The first kappa shape index (κ1) is 11.8. The SMILES string of the molecule is CC(=O)N(C)CCc1cc(C)ccc1C. The number of carbonyl (C=O) groups excluding carboxylic acids is 1. The van der Waals surface area contributed by atoms with Gasteiger partial charge in [-0.25, -0.2) is 0 Å². The van der Waals surface area contributed by atoms with E-state index in [9.17, 15) is 4.79 Å². The molecule has 1 amide bonds. The molecule has 0 aliphatic heterocycles. The summed E-state index contributed by atoms with van der Waals surface area (Å²) in [6.07, 6.45) is 0.934. The molecular weight excluding hydrogens is 186 g/mol. The summed E-state index contributed by atoms with van der Waals surface area (Å²) in [5.41, 5.74) is 3.92. The van der Waals surface area contributed by atoms with Gasteiger partial charge >= 0.3 is 0 Å². The van der Waals surface area contributed by atoms with E-state index in [0.717, 1.165) is 13.0 Å². The van der Waals surface area contributed by atoms with E-state index < -0.39 is 0 Å². The van der Waals surface area contributed by atoms with Gasteiger partial charge in [-0.1, -0.05) is 23.8 Å². The molecule has 15 heavy (non-hydrogen) atoms. The second kappa shape index (κ2) is 4.96. The predicted octanol–water partition coefficient (Wildman–Crippen LogP) is 2.32. The molecule has 82 valence electrons. The summed E-state index contributed by atoms with van der Waals surface area (Å²) in [7, 11) is 1.84. The Hall–Kier alpha value is -1.31. The summed E-state index contributed by atoms with van der Waals surface area (Å²) in [5.74, 6) is 0.125. The number of nitrogens with zero attached hydrogens (tertiary/aromatic N) is 1. The average molecular weight is 205 g/mol.